The number of pyridine rings is 1. The van der Waals surface area contributed by atoms with Gasteiger partial charge in [0.2, 0.25) is 0 Å². The first-order chi connectivity index (χ1) is 11.5. The molecule has 24 heavy (non-hydrogen) atoms. The van der Waals surface area contributed by atoms with E-state index in [-0.39, 0.29) is 11.9 Å². The molecule has 122 valence electrons. The molecule has 1 amide bonds. The lowest BCUT2D eigenvalue weighted by molar-refractivity contribution is 0.0942. The van der Waals surface area contributed by atoms with Crippen LogP contribution in [-0.2, 0) is 0 Å². The number of nitrogens with one attached hydrogen (secondary N) is 2. The lowest BCUT2D eigenvalue weighted by Crippen LogP contribution is -2.29. The molecule has 0 spiro atoms. The molecule has 0 bridgehead atoms. The van der Waals surface area contributed by atoms with Gasteiger partial charge in [-0.05, 0) is 38.0 Å². The maximum Gasteiger partial charge on any atom is 0.255 e. The van der Waals surface area contributed by atoms with Gasteiger partial charge in [-0.25, -0.2) is 0 Å². The lowest BCUT2D eigenvalue weighted by atomic mass is 9.96. The van der Waals surface area contributed by atoms with Crippen molar-refractivity contribution >= 4 is 5.91 Å². The highest BCUT2D eigenvalue weighted by molar-refractivity contribution is 5.95. The summed E-state index contributed by atoms with van der Waals surface area (Å²) < 4.78 is 0. The average molecular weight is 320 g/mol. The normalized spacial score (nSPS) is 12.0. The minimum atomic E-state index is -0.265. The van der Waals surface area contributed by atoms with Crippen molar-refractivity contribution in [3.63, 3.8) is 0 Å². The van der Waals surface area contributed by atoms with E-state index in [4.69, 9.17) is 0 Å². The maximum absolute atomic E-state index is 12.7. The van der Waals surface area contributed by atoms with E-state index >= 15 is 0 Å². The van der Waals surface area contributed by atoms with Crippen LogP contribution in [0.5, 0.6) is 0 Å². The third-order valence-corrected chi connectivity index (χ3v) is 3.95. The summed E-state index contributed by atoms with van der Waals surface area (Å²) in [7, 11) is 0. The van der Waals surface area contributed by atoms with Crippen molar-refractivity contribution in [2.24, 2.45) is 0 Å². The van der Waals surface area contributed by atoms with E-state index in [0.717, 1.165) is 27.9 Å². The van der Waals surface area contributed by atoms with Crippen LogP contribution in [0.3, 0.4) is 0 Å². The molecule has 1 aromatic carbocycles. The van der Waals surface area contributed by atoms with E-state index in [2.05, 4.69) is 52.5 Å². The molecule has 2 heterocycles. The summed E-state index contributed by atoms with van der Waals surface area (Å²) in [5, 5.41) is 9.83. The van der Waals surface area contributed by atoms with Crippen LogP contribution in [0, 0.1) is 20.8 Å². The molecular formula is C19H20N4O. The number of aromatic amines is 1. The van der Waals surface area contributed by atoms with Crippen molar-refractivity contribution in [2.75, 3.05) is 0 Å². The van der Waals surface area contributed by atoms with E-state index in [1.165, 1.54) is 0 Å². The van der Waals surface area contributed by atoms with Crippen LogP contribution < -0.4 is 5.32 Å². The van der Waals surface area contributed by atoms with E-state index in [9.17, 15) is 4.79 Å². The Morgan fingerprint density at radius 3 is 2.42 bits per heavy atom. The standard InChI is InChI=1S/C19H20N4O/c1-12-7-13(2)9-16(8-12)18(15-5-4-6-20-10-15)22-19(24)17-11-21-23-14(17)3/h4-11,18H,1-3H3,(H,21,23)(H,22,24)/t18-/m1/s1. The van der Waals surface area contributed by atoms with Crippen LogP contribution in [0.2, 0.25) is 0 Å². The van der Waals surface area contributed by atoms with Crippen LogP contribution in [0.1, 0.15) is 44.3 Å². The predicted octanol–water partition coefficient (Wildman–Crippen LogP) is 3.25. The summed E-state index contributed by atoms with van der Waals surface area (Å²) >= 11 is 0. The number of carbonyl (C=O) groups excluding carboxylic acids is 1. The number of rotatable bonds is 4. The molecule has 3 aromatic rings. The number of benzene rings is 1. The van der Waals surface area contributed by atoms with Gasteiger partial charge in [0, 0.05) is 18.1 Å². The first-order valence-electron chi connectivity index (χ1n) is 7.83. The Labute approximate surface area is 141 Å². The molecule has 0 aliphatic carbocycles. The molecule has 0 unspecified atom stereocenters. The Hall–Kier alpha value is -2.95. The van der Waals surface area contributed by atoms with E-state index < -0.39 is 0 Å². The summed E-state index contributed by atoms with van der Waals surface area (Å²) in [5.74, 6) is -0.158. The first-order valence-corrected chi connectivity index (χ1v) is 7.83. The number of carbonyl (C=O) groups is 1. The second kappa shape index (κ2) is 6.66. The SMILES string of the molecule is Cc1cc(C)cc([C@H](NC(=O)c2cn[nH]c2C)c2cccnc2)c1. The van der Waals surface area contributed by atoms with Crippen LogP contribution >= 0.6 is 0 Å². The fourth-order valence-corrected chi connectivity index (χ4v) is 2.87. The summed E-state index contributed by atoms with van der Waals surface area (Å²) in [6, 6.07) is 9.88. The minimum absolute atomic E-state index is 0.158. The van der Waals surface area contributed by atoms with Crippen molar-refractivity contribution < 1.29 is 4.79 Å². The smallest absolute Gasteiger partial charge is 0.255 e. The van der Waals surface area contributed by atoms with Gasteiger partial charge < -0.3 is 5.32 Å². The fraction of sp³-hybridized carbons (Fsp3) is 0.211. The van der Waals surface area contributed by atoms with Gasteiger partial charge in [0.15, 0.2) is 0 Å². The number of hydrogen-bond donors (Lipinski definition) is 2. The summed E-state index contributed by atoms with van der Waals surface area (Å²) in [6.45, 7) is 5.94. The quantitative estimate of drug-likeness (QED) is 0.775. The van der Waals surface area contributed by atoms with Gasteiger partial charge in [-0.3, -0.25) is 14.9 Å². The Bertz CT molecular complexity index is 835. The Morgan fingerprint density at radius 2 is 1.83 bits per heavy atom. The highest BCUT2D eigenvalue weighted by Crippen LogP contribution is 2.24. The third-order valence-electron chi connectivity index (χ3n) is 3.95. The van der Waals surface area contributed by atoms with E-state index in [1.54, 1.807) is 18.6 Å². The number of aromatic nitrogens is 3. The van der Waals surface area contributed by atoms with Gasteiger partial charge in [-0.15, -0.1) is 0 Å². The van der Waals surface area contributed by atoms with Gasteiger partial charge >= 0.3 is 0 Å². The van der Waals surface area contributed by atoms with Crippen LogP contribution in [0.25, 0.3) is 0 Å². The molecule has 0 fully saturated rings. The Balaban J connectivity index is 2.00. The largest absolute Gasteiger partial charge is 0.341 e. The Kier molecular flexibility index (Phi) is 4.42. The minimum Gasteiger partial charge on any atom is -0.341 e. The molecule has 0 radical (unpaired) electrons. The molecule has 5 nitrogen and oxygen atoms in total. The molecule has 0 aliphatic heterocycles. The molecule has 5 heteroatoms. The molecule has 2 aromatic heterocycles. The van der Waals surface area contributed by atoms with Gasteiger partial charge in [0.25, 0.3) is 5.91 Å². The molecule has 2 N–H and O–H groups in total. The zero-order chi connectivity index (χ0) is 17.1. The Morgan fingerprint density at radius 1 is 1.08 bits per heavy atom. The highest BCUT2D eigenvalue weighted by atomic mass is 16.1. The zero-order valence-electron chi connectivity index (χ0n) is 14.0. The summed E-state index contributed by atoms with van der Waals surface area (Å²) in [5.41, 5.74) is 5.60. The molecule has 3 rings (SSSR count). The fourth-order valence-electron chi connectivity index (χ4n) is 2.87. The summed E-state index contributed by atoms with van der Waals surface area (Å²) in [4.78, 5) is 16.9. The van der Waals surface area contributed by atoms with Crippen LogP contribution in [0.15, 0.2) is 48.9 Å². The lowest BCUT2D eigenvalue weighted by Gasteiger charge is -2.20. The first kappa shape index (κ1) is 15.9. The number of amides is 1. The highest BCUT2D eigenvalue weighted by Gasteiger charge is 2.20. The van der Waals surface area contributed by atoms with Crippen molar-refractivity contribution in [1.29, 1.82) is 0 Å². The van der Waals surface area contributed by atoms with Crippen molar-refractivity contribution in [3.8, 4) is 0 Å². The second-order valence-corrected chi connectivity index (χ2v) is 6.02. The van der Waals surface area contributed by atoms with Crippen molar-refractivity contribution in [2.45, 2.75) is 26.8 Å². The molecular weight excluding hydrogens is 300 g/mol. The topological polar surface area (TPSA) is 70.7 Å². The summed E-state index contributed by atoms with van der Waals surface area (Å²) in [6.07, 6.45) is 5.06. The molecule has 1 atom stereocenters. The van der Waals surface area contributed by atoms with Crippen molar-refractivity contribution in [3.05, 3.63) is 82.4 Å². The zero-order valence-corrected chi connectivity index (χ0v) is 14.0. The number of hydrogen-bond acceptors (Lipinski definition) is 3. The van der Waals surface area contributed by atoms with Gasteiger partial charge in [-0.2, -0.15) is 5.10 Å². The average Bonchev–Trinajstić information content (AvgIpc) is 2.98. The van der Waals surface area contributed by atoms with E-state index in [0.29, 0.717) is 5.56 Å². The predicted molar refractivity (Wildman–Crippen MR) is 92.8 cm³/mol. The van der Waals surface area contributed by atoms with Gasteiger partial charge in [-0.1, -0.05) is 35.4 Å². The molecule has 0 saturated carbocycles. The maximum atomic E-state index is 12.7. The van der Waals surface area contributed by atoms with E-state index in [1.807, 2.05) is 19.1 Å². The number of aryl methyl sites for hydroxylation is 3. The monoisotopic (exact) mass is 320 g/mol. The molecule has 0 saturated heterocycles. The molecule has 0 aliphatic rings. The van der Waals surface area contributed by atoms with Gasteiger partial charge in [0.1, 0.15) is 0 Å². The number of H-pyrrole nitrogens is 1. The second-order valence-electron chi connectivity index (χ2n) is 6.02. The van der Waals surface area contributed by atoms with Crippen LogP contribution in [-0.4, -0.2) is 21.1 Å². The number of nitrogens with zero attached hydrogens (tertiary/aromatic N) is 2. The van der Waals surface area contributed by atoms with Crippen LogP contribution in [0.4, 0.5) is 0 Å². The van der Waals surface area contributed by atoms with Crippen molar-refractivity contribution in [1.82, 2.24) is 20.5 Å². The third kappa shape index (κ3) is 3.35. The van der Waals surface area contributed by atoms with Gasteiger partial charge in [0.05, 0.1) is 17.8 Å².